The predicted octanol–water partition coefficient (Wildman–Crippen LogP) is 1.83. The number of nitrogens with zero attached hydrogens (tertiary/aromatic N) is 3. The van der Waals surface area contributed by atoms with Crippen molar-refractivity contribution in [3.05, 3.63) is 48.0 Å². The second kappa shape index (κ2) is 4.78. The van der Waals surface area contributed by atoms with Gasteiger partial charge >= 0.3 is 0 Å². The van der Waals surface area contributed by atoms with Gasteiger partial charge in [0.15, 0.2) is 5.82 Å². The first kappa shape index (κ1) is 11.3. The molecule has 2 N–H and O–H groups in total. The second-order valence-corrected chi connectivity index (χ2v) is 3.80. The summed E-state index contributed by atoms with van der Waals surface area (Å²) in [5.41, 5.74) is 7.43. The van der Waals surface area contributed by atoms with Crippen molar-refractivity contribution in [2.45, 2.75) is 6.54 Å². The van der Waals surface area contributed by atoms with Gasteiger partial charge in [0.1, 0.15) is 0 Å². The van der Waals surface area contributed by atoms with Crippen LogP contribution in [0.3, 0.4) is 0 Å². The molecule has 0 aliphatic heterocycles. The molecule has 0 fully saturated rings. The lowest BCUT2D eigenvalue weighted by molar-refractivity contribution is 0.612. The average molecular weight is 232 g/mol. The predicted molar refractivity (Wildman–Crippen MR) is 65.0 cm³/mol. The normalized spacial score (nSPS) is 10.2. The van der Waals surface area contributed by atoms with Crippen molar-refractivity contribution in [2.24, 2.45) is 0 Å². The van der Waals surface area contributed by atoms with Gasteiger partial charge in [-0.15, -0.1) is 0 Å². The monoisotopic (exact) mass is 232 g/mol. The molecule has 2 aromatic rings. The fourth-order valence-electron chi connectivity index (χ4n) is 1.47. The molecule has 88 valence electrons. The molecule has 0 aliphatic rings. The van der Waals surface area contributed by atoms with Crippen molar-refractivity contribution in [1.29, 1.82) is 0 Å². The summed E-state index contributed by atoms with van der Waals surface area (Å²) in [7, 11) is 1.85. The molecule has 0 aliphatic carbocycles. The lowest BCUT2D eigenvalue weighted by atomic mass is 10.2. The molecule has 0 spiro atoms. The van der Waals surface area contributed by atoms with Gasteiger partial charge in [-0.25, -0.2) is 14.4 Å². The third-order valence-corrected chi connectivity index (χ3v) is 2.35. The Bertz CT molecular complexity index is 481. The minimum atomic E-state index is -0.436. The van der Waals surface area contributed by atoms with Crippen LogP contribution in [0, 0.1) is 5.82 Å². The minimum absolute atomic E-state index is 0.436. The molecule has 0 bridgehead atoms. The Labute approximate surface area is 98.9 Å². The van der Waals surface area contributed by atoms with Crippen molar-refractivity contribution in [2.75, 3.05) is 17.7 Å². The van der Waals surface area contributed by atoms with Gasteiger partial charge in [0.2, 0.25) is 5.95 Å². The van der Waals surface area contributed by atoms with Crippen LogP contribution >= 0.6 is 0 Å². The molecule has 0 saturated heterocycles. The molecular weight excluding hydrogens is 219 g/mol. The van der Waals surface area contributed by atoms with E-state index in [1.54, 1.807) is 0 Å². The Balaban J connectivity index is 2.08. The summed E-state index contributed by atoms with van der Waals surface area (Å²) in [5, 5.41) is 0. The number of nitrogens with two attached hydrogens (primary N) is 1. The number of aromatic nitrogens is 2. The van der Waals surface area contributed by atoms with Gasteiger partial charge in [0, 0.05) is 19.3 Å². The van der Waals surface area contributed by atoms with E-state index in [4.69, 9.17) is 5.73 Å². The molecule has 0 unspecified atom stereocenters. The first-order valence-corrected chi connectivity index (χ1v) is 5.18. The van der Waals surface area contributed by atoms with Crippen LogP contribution in [0.1, 0.15) is 5.56 Å². The van der Waals surface area contributed by atoms with Crippen molar-refractivity contribution in [3.63, 3.8) is 0 Å². The molecule has 0 radical (unpaired) electrons. The number of rotatable bonds is 3. The molecule has 0 atom stereocenters. The molecule has 5 heteroatoms. The van der Waals surface area contributed by atoms with Crippen LogP contribution in [0.2, 0.25) is 0 Å². The van der Waals surface area contributed by atoms with E-state index in [0.717, 1.165) is 23.6 Å². The number of nitrogen functional groups attached to an aromatic ring is 1. The maximum atomic E-state index is 12.7. The summed E-state index contributed by atoms with van der Waals surface area (Å²) < 4.78 is 12.7. The van der Waals surface area contributed by atoms with Crippen molar-refractivity contribution < 1.29 is 4.39 Å². The zero-order chi connectivity index (χ0) is 12.3. The van der Waals surface area contributed by atoms with Crippen LogP contribution in [-0.2, 0) is 6.54 Å². The van der Waals surface area contributed by atoms with Gasteiger partial charge < -0.3 is 10.6 Å². The molecule has 2 rings (SSSR count). The molecule has 0 saturated carbocycles. The maximum absolute atomic E-state index is 12.7. The highest BCUT2D eigenvalue weighted by Gasteiger charge is 2.05. The maximum Gasteiger partial charge on any atom is 0.225 e. The summed E-state index contributed by atoms with van der Waals surface area (Å²) in [6, 6.07) is 7.56. The molecule has 17 heavy (non-hydrogen) atoms. The minimum Gasteiger partial charge on any atom is -0.399 e. The number of anilines is 2. The van der Waals surface area contributed by atoms with E-state index in [9.17, 15) is 4.39 Å². The lowest BCUT2D eigenvalue weighted by Gasteiger charge is -2.16. The van der Waals surface area contributed by atoms with E-state index in [1.165, 1.54) is 0 Å². The van der Waals surface area contributed by atoms with E-state index in [2.05, 4.69) is 9.97 Å². The van der Waals surface area contributed by atoms with Gasteiger partial charge in [-0.3, -0.25) is 0 Å². The van der Waals surface area contributed by atoms with Crippen LogP contribution in [0.25, 0.3) is 0 Å². The van der Waals surface area contributed by atoms with Crippen LogP contribution < -0.4 is 10.6 Å². The fraction of sp³-hybridized carbons (Fsp3) is 0.167. The fourth-order valence-corrected chi connectivity index (χ4v) is 1.47. The highest BCUT2D eigenvalue weighted by Crippen LogP contribution is 2.11. The summed E-state index contributed by atoms with van der Waals surface area (Å²) >= 11 is 0. The Morgan fingerprint density at radius 1 is 1.18 bits per heavy atom. The van der Waals surface area contributed by atoms with Crippen molar-refractivity contribution >= 4 is 11.6 Å². The third-order valence-electron chi connectivity index (χ3n) is 2.35. The van der Waals surface area contributed by atoms with Gasteiger partial charge in [0.25, 0.3) is 0 Å². The van der Waals surface area contributed by atoms with Crippen LogP contribution in [0.4, 0.5) is 16.0 Å². The largest absolute Gasteiger partial charge is 0.399 e. The first-order valence-electron chi connectivity index (χ1n) is 5.18. The quantitative estimate of drug-likeness (QED) is 0.820. The van der Waals surface area contributed by atoms with Gasteiger partial charge in [-0.2, -0.15) is 0 Å². The zero-order valence-electron chi connectivity index (χ0n) is 9.47. The Morgan fingerprint density at radius 2 is 1.76 bits per heavy atom. The Kier molecular flexibility index (Phi) is 3.18. The Hall–Kier alpha value is -2.17. The van der Waals surface area contributed by atoms with E-state index >= 15 is 0 Å². The van der Waals surface area contributed by atoms with Crippen molar-refractivity contribution in [3.8, 4) is 0 Å². The third kappa shape index (κ3) is 2.90. The topological polar surface area (TPSA) is 55.0 Å². The molecule has 1 heterocycles. The first-order chi connectivity index (χ1) is 8.15. The summed E-state index contributed by atoms with van der Waals surface area (Å²) in [6.07, 6.45) is 2.31. The molecule has 1 aromatic heterocycles. The SMILES string of the molecule is CN(Cc1ccc(N)cc1)c1ncc(F)cn1. The van der Waals surface area contributed by atoms with Gasteiger partial charge in [-0.1, -0.05) is 12.1 Å². The smallest absolute Gasteiger partial charge is 0.225 e. The average Bonchev–Trinajstić information content (AvgIpc) is 2.33. The highest BCUT2D eigenvalue weighted by molar-refractivity contribution is 5.40. The van der Waals surface area contributed by atoms with E-state index < -0.39 is 5.82 Å². The van der Waals surface area contributed by atoms with Crippen LogP contribution in [-0.4, -0.2) is 17.0 Å². The Morgan fingerprint density at radius 3 is 2.35 bits per heavy atom. The molecular formula is C12H13FN4. The van der Waals surface area contributed by atoms with Gasteiger partial charge in [-0.05, 0) is 17.7 Å². The highest BCUT2D eigenvalue weighted by atomic mass is 19.1. The van der Waals surface area contributed by atoms with Crippen LogP contribution in [0.5, 0.6) is 0 Å². The summed E-state index contributed by atoms with van der Waals surface area (Å²) in [6.45, 7) is 0.645. The molecule has 0 amide bonds. The standard InChI is InChI=1S/C12H13FN4/c1-17(12-15-6-10(13)7-16-12)8-9-2-4-11(14)5-3-9/h2-7H,8,14H2,1H3. The van der Waals surface area contributed by atoms with E-state index in [1.807, 2.05) is 36.2 Å². The van der Waals surface area contributed by atoms with Crippen LogP contribution in [0.15, 0.2) is 36.7 Å². The number of benzene rings is 1. The summed E-state index contributed by atoms with van der Waals surface area (Å²) in [5.74, 6) is 0.0536. The van der Waals surface area contributed by atoms with E-state index in [-0.39, 0.29) is 0 Å². The second-order valence-electron chi connectivity index (χ2n) is 3.80. The number of halogens is 1. The van der Waals surface area contributed by atoms with Crippen molar-refractivity contribution in [1.82, 2.24) is 9.97 Å². The van der Waals surface area contributed by atoms with E-state index in [0.29, 0.717) is 12.5 Å². The number of hydrogen-bond donors (Lipinski definition) is 1. The molecule has 1 aromatic carbocycles. The zero-order valence-corrected chi connectivity index (χ0v) is 9.47. The lowest BCUT2D eigenvalue weighted by Crippen LogP contribution is -2.19. The van der Waals surface area contributed by atoms with Gasteiger partial charge in [0.05, 0.1) is 12.4 Å². The molecule has 4 nitrogen and oxygen atoms in total. The summed E-state index contributed by atoms with van der Waals surface area (Å²) in [4.78, 5) is 9.65. The number of hydrogen-bond acceptors (Lipinski definition) is 4.